The fourth-order valence-corrected chi connectivity index (χ4v) is 2.63. The van der Waals surface area contributed by atoms with E-state index in [1.807, 2.05) is 0 Å². The number of nitro benzene ring substituents is 1. The van der Waals surface area contributed by atoms with Crippen LogP contribution < -0.4 is 0 Å². The maximum absolute atomic E-state index is 12.8. The van der Waals surface area contributed by atoms with Crippen molar-refractivity contribution in [3.63, 3.8) is 0 Å². The van der Waals surface area contributed by atoms with E-state index in [0.29, 0.717) is 25.0 Å². The lowest BCUT2D eigenvalue weighted by molar-refractivity contribution is -0.385. The highest BCUT2D eigenvalue weighted by Gasteiger charge is 2.41. The Morgan fingerprint density at radius 3 is 2.30 bits per heavy atom. The summed E-state index contributed by atoms with van der Waals surface area (Å²) in [4.78, 5) is 35.2. The Labute approximate surface area is 153 Å². The normalized spacial score (nSPS) is 15.9. The van der Waals surface area contributed by atoms with Gasteiger partial charge in [0.1, 0.15) is 11.5 Å². The highest BCUT2D eigenvalue weighted by Crippen LogP contribution is 2.37. The predicted molar refractivity (Wildman–Crippen MR) is 88.9 cm³/mol. The van der Waals surface area contributed by atoms with Crippen LogP contribution in [0.2, 0.25) is 0 Å². The van der Waals surface area contributed by atoms with Crippen LogP contribution in [0.25, 0.3) is 0 Å². The molecular weight excluding hydrogens is 367 g/mol. The Morgan fingerprint density at radius 2 is 1.85 bits per heavy atom. The molecule has 0 radical (unpaired) electrons. The molecule has 1 aliphatic rings. The first-order chi connectivity index (χ1) is 12.3. The largest absolute Gasteiger partial charge is 0.459 e. The maximum atomic E-state index is 12.8. The van der Waals surface area contributed by atoms with E-state index in [4.69, 9.17) is 4.74 Å². The van der Waals surface area contributed by atoms with Gasteiger partial charge in [0.05, 0.1) is 10.5 Å². The molecule has 2 rings (SSSR count). The second-order valence-corrected chi connectivity index (χ2v) is 7.57. The molecule has 1 aromatic carbocycles. The van der Waals surface area contributed by atoms with Crippen molar-refractivity contribution in [2.75, 3.05) is 0 Å². The molecule has 1 aliphatic carbocycles. The first kappa shape index (κ1) is 20.9. The minimum absolute atomic E-state index is 0.113. The van der Waals surface area contributed by atoms with Crippen LogP contribution in [0.15, 0.2) is 18.2 Å². The summed E-state index contributed by atoms with van der Waals surface area (Å²) in [6.45, 7) is 4.85. The summed E-state index contributed by atoms with van der Waals surface area (Å²) < 4.78 is 43.7. The number of nitro groups is 1. The molecule has 1 aromatic rings. The van der Waals surface area contributed by atoms with Crippen molar-refractivity contribution < 1.29 is 32.4 Å². The summed E-state index contributed by atoms with van der Waals surface area (Å²) in [7, 11) is 0. The van der Waals surface area contributed by atoms with Crippen LogP contribution in [-0.4, -0.2) is 22.3 Å². The number of hydrogen-bond acceptors (Lipinski definition) is 5. The zero-order valence-corrected chi connectivity index (χ0v) is 15.1. The molecule has 1 fully saturated rings. The molecule has 9 heteroatoms. The molecule has 148 valence electrons. The van der Waals surface area contributed by atoms with E-state index < -0.39 is 45.6 Å². The number of hydrogen-bond donors (Lipinski definition) is 0. The van der Waals surface area contributed by atoms with Crippen molar-refractivity contribution in [1.82, 2.24) is 0 Å². The van der Waals surface area contributed by atoms with Gasteiger partial charge in [-0.1, -0.05) is 6.07 Å². The monoisotopic (exact) mass is 387 g/mol. The van der Waals surface area contributed by atoms with Crippen molar-refractivity contribution in [3.05, 3.63) is 39.4 Å². The summed E-state index contributed by atoms with van der Waals surface area (Å²) in [6.07, 6.45) is -3.88. The van der Waals surface area contributed by atoms with E-state index in [9.17, 15) is 32.9 Å². The minimum Gasteiger partial charge on any atom is -0.459 e. The number of carbonyl (C=O) groups excluding carboxylic acids is 2. The number of esters is 1. The summed E-state index contributed by atoms with van der Waals surface area (Å²) in [5.74, 6) is -2.81. The van der Waals surface area contributed by atoms with E-state index in [2.05, 4.69) is 0 Å². The number of benzene rings is 1. The Morgan fingerprint density at radius 1 is 1.26 bits per heavy atom. The van der Waals surface area contributed by atoms with Gasteiger partial charge < -0.3 is 4.74 Å². The molecule has 1 saturated carbocycles. The smallest absolute Gasteiger partial charge is 0.416 e. The van der Waals surface area contributed by atoms with Gasteiger partial charge in [-0.05, 0) is 46.1 Å². The van der Waals surface area contributed by atoms with Crippen molar-refractivity contribution in [1.29, 1.82) is 0 Å². The van der Waals surface area contributed by atoms with E-state index in [1.54, 1.807) is 20.8 Å². The first-order valence-electron chi connectivity index (χ1n) is 8.40. The quantitative estimate of drug-likeness (QED) is 0.318. The Bertz CT molecular complexity index is 763. The lowest BCUT2D eigenvalue weighted by atomic mass is 9.91. The molecule has 0 N–H and O–H groups in total. The van der Waals surface area contributed by atoms with Gasteiger partial charge in [0.15, 0.2) is 5.78 Å². The van der Waals surface area contributed by atoms with Gasteiger partial charge in [0.25, 0.3) is 5.69 Å². The van der Waals surface area contributed by atoms with Crippen LogP contribution in [0, 0.1) is 22.0 Å². The number of Topliss-reactive ketones (excluding diaryl/α,β-unsaturated/α-hetero) is 1. The number of ketones is 1. The number of ether oxygens (including phenoxy) is 1. The highest BCUT2D eigenvalue weighted by atomic mass is 19.4. The molecule has 6 nitrogen and oxygen atoms in total. The Kier molecular flexibility index (Phi) is 5.63. The fraction of sp³-hybridized carbons (Fsp3) is 0.556. The van der Waals surface area contributed by atoms with Crippen LogP contribution in [-0.2, 0) is 26.9 Å². The predicted octanol–water partition coefficient (Wildman–Crippen LogP) is 4.09. The minimum atomic E-state index is -4.74. The zero-order chi connectivity index (χ0) is 20.6. The van der Waals surface area contributed by atoms with Gasteiger partial charge in [-0.15, -0.1) is 0 Å². The van der Waals surface area contributed by atoms with Crippen LogP contribution in [0.1, 0.15) is 44.7 Å². The first-order valence-corrected chi connectivity index (χ1v) is 8.40. The number of rotatable bonds is 6. The average Bonchev–Trinajstić information content (AvgIpc) is 3.33. The molecule has 0 saturated heterocycles. The van der Waals surface area contributed by atoms with Crippen LogP contribution >= 0.6 is 0 Å². The summed E-state index contributed by atoms with van der Waals surface area (Å²) >= 11 is 0. The SMILES string of the molecule is CC(C)(C)OC(=O)C(Cc1ccc(C(F)(F)F)cc1[N+](=O)[O-])C(=O)C1CC1. The van der Waals surface area contributed by atoms with Gasteiger partial charge in [0.2, 0.25) is 0 Å². The molecule has 1 unspecified atom stereocenters. The van der Waals surface area contributed by atoms with E-state index in [1.165, 1.54) is 0 Å². The topological polar surface area (TPSA) is 86.5 Å². The van der Waals surface area contributed by atoms with Crippen molar-refractivity contribution >= 4 is 17.4 Å². The van der Waals surface area contributed by atoms with Crippen molar-refractivity contribution in [2.24, 2.45) is 11.8 Å². The van der Waals surface area contributed by atoms with Crippen molar-refractivity contribution in [3.8, 4) is 0 Å². The average molecular weight is 387 g/mol. The van der Waals surface area contributed by atoms with Gasteiger partial charge >= 0.3 is 12.1 Å². The molecule has 0 bridgehead atoms. The second-order valence-electron chi connectivity index (χ2n) is 7.57. The zero-order valence-electron chi connectivity index (χ0n) is 15.1. The van der Waals surface area contributed by atoms with Gasteiger partial charge in [-0.25, -0.2) is 0 Å². The number of carbonyl (C=O) groups is 2. The van der Waals surface area contributed by atoms with Gasteiger partial charge in [0, 0.05) is 17.5 Å². The van der Waals surface area contributed by atoms with Gasteiger partial charge in [-0.3, -0.25) is 19.7 Å². The number of halogens is 3. The summed E-state index contributed by atoms with van der Waals surface area (Å²) in [5.41, 5.74) is -2.93. The third kappa shape index (κ3) is 5.51. The number of nitrogens with zero attached hydrogens (tertiary/aromatic N) is 1. The van der Waals surface area contributed by atoms with E-state index in [0.717, 1.165) is 6.07 Å². The lowest BCUT2D eigenvalue weighted by Crippen LogP contribution is -2.35. The lowest BCUT2D eigenvalue weighted by Gasteiger charge is -2.23. The molecule has 0 heterocycles. The molecule has 0 amide bonds. The molecule has 0 spiro atoms. The second kappa shape index (κ2) is 7.28. The van der Waals surface area contributed by atoms with Crippen LogP contribution in [0.4, 0.5) is 18.9 Å². The summed E-state index contributed by atoms with van der Waals surface area (Å²) in [5, 5.41) is 11.2. The molecule has 0 aromatic heterocycles. The molecule has 1 atom stereocenters. The maximum Gasteiger partial charge on any atom is 0.416 e. The Hall–Kier alpha value is -2.45. The summed E-state index contributed by atoms with van der Waals surface area (Å²) in [6, 6.07) is 2.07. The fourth-order valence-electron chi connectivity index (χ4n) is 2.63. The molecule has 27 heavy (non-hydrogen) atoms. The third-order valence-corrected chi connectivity index (χ3v) is 4.05. The van der Waals surface area contributed by atoms with Crippen molar-refractivity contribution in [2.45, 2.75) is 51.8 Å². The number of alkyl halides is 3. The highest BCUT2D eigenvalue weighted by molar-refractivity contribution is 6.01. The standard InChI is InChI=1S/C18H20F3NO5/c1-17(2,3)27-16(24)13(15(23)10-4-5-10)8-11-6-7-12(18(19,20)21)9-14(11)22(25)26/h6-7,9-10,13H,4-5,8H2,1-3H3. The van der Waals surface area contributed by atoms with Crippen LogP contribution in [0.5, 0.6) is 0 Å². The molecule has 0 aliphatic heterocycles. The van der Waals surface area contributed by atoms with E-state index in [-0.39, 0.29) is 17.9 Å². The van der Waals surface area contributed by atoms with Gasteiger partial charge in [-0.2, -0.15) is 13.2 Å². The molecular formula is C18H20F3NO5. The van der Waals surface area contributed by atoms with Crippen LogP contribution in [0.3, 0.4) is 0 Å². The van der Waals surface area contributed by atoms with E-state index >= 15 is 0 Å². The third-order valence-electron chi connectivity index (χ3n) is 4.05. The Balaban J connectivity index is 2.37.